The Labute approximate surface area is 262 Å². The zero-order chi connectivity index (χ0) is 32.0. The highest BCUT2D eigenvalue weighted by Crippen LogP contribution is 2.47. The average Bonchev–Trinajstić information content (AvgIpc) is 3.27. The second-order valence-electron chi connectivity index (χ2n) is 14.4. The highest BCUT2D eigenvalue weighted by molar-refractivity contribution is 5.78. The summed E-state index contributed by atoms with van der Waals surface area (Å²) in [5, 5.41) is 34.3. The van der Waals surface area contributed by atoms with E-state index in [1.807, 2.05) is 26.0 Å². The Balaban J connectivity index is 1.52. The molecule has 3 fully saturated rings. The molecule has 2 bridgehead atoms. The topological polar surface area (TPSA) is 115 Å². The van der Waals surface area contributed by atoms with Crippen LogP contribution in [0, 0.1) is 23.7 Å². The van der Waals surface area contributed by atoms with Crippen LogP contribution < -0.4 is 0 Å². The molecule has 0 aromatic heterocycles. The number of carbonyl (C=O) groups excluding carboxylic acids is 1. The van der Waals surface area contributed by atoms with Crippen LogP contribution in [-0.4, -0.2) is 75.9 Å². The second kappa shape index (κ2) is 13.0. The van der Waals surface area contributed by atoms with Gasteiger partial charge in [0.15, 0.2) is 5.79 Å². The number of hydrogen-bond acceptors (Lipinski definition) is 8. The zero-order valence-corrected chi connectivity index (χ0v) is 27.4. The Hall–Kier alpha value is -2.07. The molecule has 0 aromatic rings. The molecule has 44 heavy (non-hydrogen) atoms. The van der Waals surface area contributed by atoms with Gasteiger partial charge in [0.25, 0.3) is 0 Å². The molecule has 4 aliphatic heterocycles. The monoisotopic (exact) mass is 612 g/mol. The van der Waals surface area contributed by atoms with Crippen LogP contribution >= 0.6 is 0 Å². The Morgan fingerprint density at radius 1 is 1.11 bits per heavy atom. The number of aliphatic hydroxyl groups is 3. The number of esters is 1. The smallest absolute Gasteiger partial charge is 0.316 e. The van der Waals surface area contributed by atoms with Gasteiger partial charge in [-0.15, -0.1) is 0 Å². The minimum absolute atomic E-state index is 0.109. The summed E-state index contributed by atoms with van der Waals surface area (Å²) < 4.78 is 25.7. The van der Waals surface area contributed by atoms with E-state index in [1.54, 1.807) is 13.0 Å². The first kappa shape index (κ1) is 33.3. The highest BCUT2D eigenvalue weighted by atomic mass is 16.7. The van der Waals surface area contributed by atoms with E-state index in [9.17, 15) is 20.1 Å². The molecule has 1 aliphatic carbocycles. The van der Waals surface area contributed by atoms with E-state index < -0.39 is 47.7 Å². The molecule has 244 valence electrons. The van der Waals surface area contributed by atoms with Gasteiger partial charge < -0.3 is 34.3 Å². The van der Waals surface area contributed by atoms with E-state index in [0.29, 0.717) is 29.9 Å². The molecule has 3 saturated heterocycles. The van der Waals surface area contributed by atoms with E-state index in [2.05, 4.69) is 45.9 Å². The van der Waals surface area contributed by atoms with Crippen LogP contribution in [0.15, 0.2) is 58.7 Å². The summed E-state index contributed by atoms with van der Waals surface area (Å²) in [5.41, 5.74) is 1.64. The fourth-order valence-electron chi connectivity index (χ4n) is 7.85. The number of hydrogen-bond donors (Lipinski definition) is 3. The molecule has 0 aromatic carbocycles. The van der Waals surface area contributed by atoms with Crippen LogP contribution in [0.4, 0.5) is 0 Å². The summed E-state index contributed by atoms with van der Waals surface area (Å²) >= 11 is 0. The van der Waals surface area contributed by atoms with Gasteiger partial charge >= 0.3 is 5.97 Å². The Morgan fingerprint density at radius 3 is 2.59 bits per heavy atom. The molecule has 3 N–H and O–H groups in total. The summed E-state index contributed by atoms with van der Waals surface area (Å²) in [6, 6.07) is 0. The van der Waals surface area contributed by atoms with Gasteiger partial charge in [0.05, 0.1) is 24.9 Å². The quantitative estimate of drug-likeness (QED) is 0.292. The molecular weight excluding hydrogens is 560 g/mol. The number of allylic oxidation sites excluding steroid dienone is 5. The van der Waals surface area contributed by atoms with Crippen molar-refractivity contribution in [1.29, 1.82) is 0 Å². The molecule has 8 heteroatoms. The maximum absolute atomic E-state index is 14.0. The Bertz CT molecular complexity index is 1240. The molecule has 8 nitrogen and oxygen atoms in total. The molecule has 1 spiro atoms. The van der Waals surface area contributed by atoms with Crippen LogP contribution in [0.2, 0.25) is 0 Å². The van der Waals surface area contributed by atoms with E-state index in [4.69, 9.17) is 18.9 Å². The van der Waals surface area contributed by atoms with Crippen molar-refractivity contribution >= 4 is 5.97 Å². The maximum Gasteiger partial charge on any atom is 0.316 e. The third-order valence-corrected chi connectivity index (χ3v) is 10.1. The molecule has 0 unspecified atom stereocenters. The average molecular weight is 613 g/mol. The molecule has 0 radical (unpaired) electrons. The Kier molecular flexibility index (Phi) is 9.82. The highest BCUT2D eigenvalue weighted by Gasteiger charge is 2.60. The number of carbonyl (C=O) groups is 1. The first-order valence-electron chi connectivity index (χ1n) is 16.4. The Morgan fingerprint density at radius 2 is 1.86 bits per heavy atom. The minimum Gasteiger partial charge on any atom is -0.462 e. The largest absolute Gasteiger partial charge is 0.462 e. The lowest BCUT2D eigenvalue weighted by Gasteiger charge is -2.51. The van der Waals surface area contributed by atoms with Crippen molar-refractivity contribution in [2.24, 2.45) is 23.7 Å². The fraction of sp³-hybridized carbons (Fsp3) is 0.694. The summed E-state index contributed by atoms with van der Waals surface area (Å²) in [4.78, 5) is 14.0. The predicted octanol–water partition coefficient (Wildman–Crippen LogP) is 5.09. The first-order chi connectivity index (χ1) is 20.7. The summed E-state index contributed by atoms with van der Waals surface area (Å²) in [7, 11) is 0. The number of ether oxygens (including phenoxy) is 4. The standard InChI is InChI=1S/C36H52O8/c1-20(2)13-24(6)32-25(7)30(37)18-35(44-32)17-28-16-27(43-35)12-11-22(4)14-21(3)9-8-10-26-19-41-33-31(38)23(5)15-29(34(39)42-28)36(26,33)40/h8-11,13,15,20-21,25,27-33,37-38,40H,12,14,16-19H2,1-7H3/b9-8+,22-11+,24-13+,26-10?/t21-,25-,27+,28-,29-,30-,31+,32+,33+,35-,36+/m0/s1. The van der Waals surface area contributed by atoms with E-state index in [1.165, 1.54) is 5.57 Å². The van der Waals surface area contributed by atoms with Gasteiger partial charge in [0.2, 0.25) is 0 Å². The van der Waals surface area contributed by atoms with Crippen molar-refractivity contribution in [2.75, 3.05) is 6.61 Å². The van der Waals surface area contributed by atoms with Crippen molar-refractivity contribution in [2.45, 2.75) is 129 Å². The fourth-order valence-corrected chi connectivity index (χ4v) is 7.85. The molecule has 0 saturated carbocycles. The summed E-state index contributed by atoms with van der Waals surface area (Å²) in [6.45, 7) is 14.4. The van der Waals surface area contributed by atoms with Gasteiger partial charge in [0.1, 0.15) is 29.8 Å². The van der Waals surface area contributed by atoms with Gasteiger partial charge in [-0.05, 0) is 62.2 Å². The van der Waals surface area contributed by atoms with Gasteiger partial charge in [0, 0.05) is 25.2 Å². The molecule has 11 atom stereocenters. The molecule has 0 amide bonds. The van der Waals surface area contributed by atoms with Crippen LogP contribution in [0.1, 0.15) is 80.6 Å². The molecule has 5 rings (SSSR count). The van der Waals surface area contributed by atoms with Crippen molar-refractivity contribution in [3.05, 3.63) is 58.7 Å². The molecule has 4 heterocycles. The first-order valence-corrected chi connectivity index (χ1v) is 16.4. The summed E-state index contributed by atoms with van der Waals surface area (Å²) in [5.74, 6) is -2.31. The van der Waals surface area contributed by atoms with Crippen molar-refractivity contribution < 1.29 is 39.1 Å². The SMILES string of the molecule is CC1=C[C@H]2C(=O)O[C@H]3C[C@@H](C/C=C(\C)C[C@@H](C)/C=C/C=C4CO[C@H]([C@@H]1O)[C@@]42O)O[C@]1(C3)C[C@H](O)[C@H](C)[C@@H](/C(C)=C/C(C)C)O1. The minimum atomic E-state index is -1.74. The van der Waals surface area contributed by atoms with Gasteiger partial charge in [-0.25, -0.2) is 0 Å². The lowest BCUT2D eigenvalue weighted by atomic mass is 9.71. The van der Waals surface area contributed by atoms with Crippen LogP contribution in [0.5, 0.6) is 0 Å². The van der Waals surface area contributed by atoms with E-state index in [0.717, 1.165) is 12.0 Å². The number of aliphatic hydroxyl groups excluding tert-OH is 2. The van der Waals surface area contributed by atoms with Crippen LogP contribution in [0.25, 0.3) is 0 Å². The van der Waals surface area contributed by atoms with Crippen LogP contribution in [-0.2, 0) is 23.7 Å². The molecule has 5 aliphatic rings. The third-order valence-electron chi connectivity index (χ3n) is 10.1. The number of fused-ring (bicyclic) bond motifs is 2. The maximum atomic E-state index is 14.0. The second-order valence-corrected chi connectivity index (χ2v) is 14.4. The summed E-state index contributed by atoms with van der Waals surface area (Å²) in [6.07, 6.45) is 10.4. The van der Waals surface area contributed by atoms with Crippen molar-refractivity contribution in [3.63, 3.8) is 0 Å². The van der Waals surface area contributed by atoms with Gasteiger partial charge in [-0.1, -0.05) is 69.7 Å². The van der Waals surface area contributed by atoms with Crippen LogP contribution in [0.3, 0.4) is 0 Å². The normalized spacial score (nSPS) is 45.6. The van der Waals surface area contributed by atoms with Gasteiger partial charge in [-0.3, -0.25) is 4.79 Å². The van der Waals surface area contributed by atoms with E-state index in [-0.39, 0.29) is 43.5 Å². The number of rotatable bonds is 2. The van der Waals surface area contributed by atoms with Crippen molar-refractivity contribution in [1.82, 2.24) is 0 Å². The lowest BCUT2D eigenvalue weighted by Crippen LogP contribution is -2.59. The lowest BCUT2D eigenvalue weighted by molar-refractivity contribution is -0.342. The molecular formula is C36H52O8. The van der Waals surface area contributed by atoms with Gasteiger partial charge in [-0.2, -0.15) is 0 Å². The van der Waals surface area contributed by atoms with E-state index >= 15 is 0 Å². The zero-order valence-electron chi connectivity index (χ0n) is 27.4. The third kappa shape index (κ3) is 6.58. The van der Waals surface area contributed by atoms with Crippen molar-refractivity contribution in [3.8, 4) is 0 Å². The predicted molar refractivity (Wildman–Crippen MR) is 167 cm³/mol.